The fourth-order valence-electron chi connectivity index (χ4n) is 3.12. The van der Waals surface area contributed by atoms with Crippen LogP contribution in [0.1, 0.15) is 27.6 Å². The molecule has 0 spiro atoms. The van der Waals surface area contributed by atoms with E-state index in [2.05, 4.69) is 10.4 Å². The van der Waals surface area contributed by atoms with Gasteiger partial charge in [0.15, 0.2) is 11.6 Å². The lowest BCUT2D eigenvalue weighted by atomic mass is 10.2. The normalized spacial score (nSPS) is 10.8. The number of anilines is 1. The SMILES string of the molecule is COc1ccc(OCc2ccc(C(=O)Nc3cc(C)n(Cc4ccc(Cl)c(Cl)c4)n3)o2)cc1. The summed E-state index contributed by atoms with van der Waals surface area (Å²) in [5, 5.41) is 8.19. The van der Waals surface area contributed by atoms with Crippen LogP contribution in [0.15, 0.2) is 65.1 Å². The first-order valence-corrected chi connectivity index (χ1v) is 10.8. The van der Waals surface area contributed by atoms with Crippen LogP contribution >= 0.6 is 23.2 Å². The van der Waals surface area contributed by atoms with Crippen molar-refractivity contribution >= 4 is 34.9 Å². The molecule has 2 heterocycles. The van der Waals surface area contributed by atoms with Gasteiger partial charge in [-0.25, -0.2) is 0 Å². The third-order valence-electron chi connectivity index (χ3n) is 4.87. The third kappa shape index (κ3) is 5.69. The zero-order chi connectivity index (χ0) is 23.4. The Hall–Kier alpha value is -3.42. The van der Waals surface area contributed by atoms with E-state index in [9.17, 15) is 4.79 Å². The zero-order valence-electron chi connectivity index (χ0n) is 18.0. The summed E-state index contributed by atoms with van der Waals surface area (Å²) in [6.45, 7) is 2.59. The number of benzene rings is 2. The van der Waals surface area contributed by atoms with Gasteiger partial charge in [-0.05, 0) is 61.0 Å². The molecular weight excluding hydrogens is 465 g/mol. The first-order valence-electron chi connectivity index (χ1n) is 10.1. The van der Waals surface area contributed by atoms with Gasteiger partial charge in [-0.3, -0.25) is 9.48 Å². The molecule has 0 saturated carbocycles. The Balaban J connectivity index is 1.36. The number of carbonyl (C=O) groups is 1. The molecule has 0 saturated heterocycles. The van der Waals surface area contributed by atoms with Gasteiger partial charge >= 0.3 is 0 Å². The summed E-state index contributed by atoms with van der Waals surface area (Å²) < 4.78 is 18.2. The van der Waals surface area contributed by atoms with Crippen molar-refractivity contribution in [3.05, 3.63) is 93.5 Å². The second kappa shape index (κ2) is 10.0. The average molecular weight is 486 g/mol. The molecule has 170 valence electrons. The number of furan rings is 1. The van der Waals surface area contributed by atoms with Gasteiger partial charge in [-0.2, -0.15) is 5.10 Å². The van der Waals surface area contributed by atoms with Gasteiger partial charge in [-0.1, -0.05) is 29.3 Å². The summed E-state index contributed by atoms with van der Waals surface area (Å²) in [5.74, 6) is 2.13. The summed E-state index contributed by atoms with van der Waals surface area (Å²) in [7, 11) is 1.60. The van der Waals surface area contributed by atoms with E-state index in [0.29, 0.717) is 33.9 Å². The maximum absolute atomic E-state index is 12.6. The molecule has 33 heavy (non-hydrogen) atoms. The lowest BCUT2D eigenvalue weighted by molar-refractivity contribution is 0.0992. The molecule has 4 rings (SSSR count). The zero-order valence-corrected chi connectivity index (χ0v) is 19.5. The van der Waals surface area contributed by atoms with Crippen molar-refractivity contribution in [1.82, 2.24) is 9.78 Å². The van der Waals surface area contributed by atoms with Crippen LogP contribution in [0.2, 0.25) is 10.0 Å². The van der Waals surface area contributed by atoms with Gasteiger partial charge in [0.1, 0.15) is 23.9 Å². The molecule has 0 atom stereocenters. The molecule has 9 heteroatoms. The van der Waals surface area contributed by atoms with Crippen LogP contribution in [0.3, 0.4) is 0 Å². The van der Waals surface area contributed by atoms with Crippen LogP contribution < -0.4 is 14.8 Å². The number of halogens is 2. The fraction of sp³-hybridized carbons (Fsp3) is 0.167. The summed E-state index contributed by atoms with van der Waals surface area (Å²) in [6, 6.07) is 17.7. The number of aryl methyl sites for hydroxylation is 1. The van der Waals surface area contributed by atoms with E-state index in [1.54, 1.807) is 66.4 Å². The van der Waals surface area contributed by atoms with Crippen molar-refractivity contribution < 1.29 is 18.7 Å². The number of rotatable bonds is 8. The molecule has 0 aliphatic rings. The van der Waals surface area contributed by atoms with E-state index in [4.69, 9.17) is 37.1 Å². The molecule has 0 aliphatic heterocycles. The van der Waals surface area contributed by atoms with E-state index in [1.165, 1.54) is 0 Å². The standard InChI is InChI=1S/C24H21Cl2N3O4/c1-15-11-23(28-29(15)13-16-3-9-20(25)21(26)12-16)27-24(30)22-10-8-19(33-22)14-32-18-6-4-17(31-2)5-7-18/h3-12H,13-14H2,1-2H3,(H,27,28,30). The van der Waals surface area contributed by atoms with Gasteiger partial charge in [-0.15, -0.1) is 0 Å². The monoisotopic (exact) mass is 485 g/mol. The minimum Gasteiger partial charge on any atom is -0.497 e. The van der Waals surface area contributed by atoms with Crippen LogP contribution in [0.25, 0.3) is 0 Å². The third-order valence-corrected chi connectivity index (χ3v) is 5.60. The van der Waals surface area contributed by atoms with Gasteiger partial charge < -0.3 is 19.2 Å². The molecule has 7 nitrogen and oxygen atoms in total. The van der Waals surface area contributed by atoms with Gasteiger partial charge in [0.25, 0.3) is 5.91 Å². The van der Waals surface area contributed by atoms with E-state index >= 15 is 0 Å². The number of amides is 1. The number of hydrogen-bond donors (Lipinski definition) is 1. The second-order valence-electron chi connectivity index (χ2n) is 7.26. The number of nitrogens with zero attached hydrogens (tertiary/aromatic N) is 2. The molecule has 0 radical (unpaired) electrons. The second-order valence-corrected chi connectivity index (χ2v) is 8.08. The smallest absolute Gasteiger partial charge is 0.292 e. The van der Waals surface area contributed by atoms with Crippen LogP contribution in [0, 0.1) is 6.92 Å². The lowest BCUT2D eigenvalue weighted by Gasteiger charge is -2.06. The van der Waals surface area contributed by atoms with Crippen LogP contribution in [0.4, 0.5) is 5.82 Å². The number of nitrogens with one attached hydrogen (secondary N) is 1. The Morgan fingerprint density at radius 1 is 1.03 bits per heavy atom. The predicted octanol–water partition coefficient (Wildman–Crippen LogP) is 5.98. The highest BCUT2D eigenvalue weighted by Gasteiger charge is 2.15. The minimum absolute atomic E-state index is 0.167. The lowest BCUT2D eigenvalue weighted by Crippen LogP contribution is -2.12. The average Bonchev–Trinajstić information content (AvgIpc) is 3.42. The molecule has 0 unspecified atom stereocenters. The van der Waals surface area contributed by atoms with Crippen LogP contribution in [-0.4, -0.2) is 22.8 Å². The van der Waals surface area contributed by atoms with Gasteiger partial charge in [0.05, 0.1) is 23.7 Å². The maximum Gasteiger partial charge on any atom is 0.292 e. The number of methoxy groups -OCH3 is 1. The largest absolute Gasteiger partial charge is 0.497 e. The fourth-order valence-corrected chi connectivity index (χ4v) is 3.44. The quantitative estimate of drug-likeness (QED) is 0.332. The number of hydrogen-bond acceptors (Lipinski definition) is 5. The maximum atomic E-state index is 12.6. The van der Waals surface area contributed by atoms with E-state index in [0.717, 1.165) is 17.0 Å². The Bertz CT molecular complexity index is 1270. The molecule has 1 N–H and O–H groups in total. The number of carbonyl (C=O) groups excluding carboxylic acids is 1. The highest BCUT2D eigenvalue weighted by Crippen LogP contribution is 2.24. The Morgan fingerprint density at radius 3 is 2.52 bits per heavy atom. The van der Waals surface area contributed by atoms with Gasteiger partial charge in [0.2, 0.25) is 0 Å². The van der Waals surface area contributed by atoms with Crippen LogP contribution in [-0.2, 0) is 13.2 Å². The molecule has 2 aromatic heterocycles. The summed E-state index contributed by atoms with van der Waals surface area (Å²) in [5.41, 5.74) is 1.82. The van der Waals surface area contributed by atoms with Gasteiger partial charge in [0, 0.05) is 11.8 Å². The molecule has 1 amide bonds. The van der Waals surface area contributed by atoms with Crippen molar-refractivity contribution in [1.29, 1.82) is 0 Å². The highest BCUT2D eigenvalue weighted by molar-refractivity contribution is 6.42. The molecular formula is C24H21Cl2N3O4. The molecule has 0 bridgehead atoms. The molecule has 2 aromatic carbocycles. The molecule has 4 aromatic rings. The summed E-state index contributed by atoms with van der Waals surface area (Å²) in [4.78, 5) is 12.6. The van der Waals surface area contributed by atoms with Crippen molar-refractivity contribution in [3.8, 4) is 11.5 Å². The molecule has 0 aliphatic carbocycles. The Kier molecular flexibility index (Phi) is 6.91. The van der Waals surface area contributed by atoms with Crippen molar-refractivity contribution in [2.75, 3.05) is 12.4 Å². The van der Waals surface area contributed by atoms with Crippen molar-refractivity contribution in [2.45, 2.75) is 20.1 Å². The van der Waals surface area contributed by atoms with Crippen molar-refractivity contribution in [3.63, 3.8) is 0 Å². The Labute approximate surface area is 200 Å². The first-order chi connectivity index (χ1) is 15.9. The minimum atomic E-state index is -0.398. The van der Waals surface area contributed by atoms with E-state index in [1.807, 2.05) is 13.0 Å². The number of ether oxygens (including phenoxy) is 2. The summed E-state index contributed by atoms with van der Waals surface area (Å²) in [6.07, 6.45) is 0. The Morgan fingerprint density at radius 2 is 1.79 bits per heavy atom. The van der Waals surface area contributed by atoms with Crippen molar-refractivity contribution in [2.24, 2.45) is 0 Å². The topological polar surface area (TPSA) is 78.5 Å². The summed E-state index contributed by atoms with van der Waals surface area (Å²) >= 11 is 12.1. The predicted molar refractivity (Wildman–Crippen MR) is 127 cm³/mol. The number of aromatic nitrogens is 2. The van der Waals surface area contributed by atoms with E-state index < -0.39 is 5.91 Å². The first kappa shape index (κ1) is 22.8. The highest BCUT2D eigenvalue weighted by atomic mass is 35.5. The van der Waals surface area contributed by atoms with Crippen LogP contribution in [0.5, 0.6) is 11.5 Å². The molecule has 0 fully saturated rings. The van der Waals surface area contributed by atoms with E-state index in [-0.39, 0.29) is 12.4 Å².